The van der Waals surface area contributed by atoms with Crippen molar-refractivity contribution in [3.63, 3.8) is 0 Å². The van der Waals surface area contributed by atoms with Crippen LogP contribution in [0.2, 0.25) is 0 Å². The van der Waals surface area contributed by atoms with Gasteiger partial charge in [-0.05, 0) is 52.0 Å². The number of rotatable bonds is 7. The topological polar surface area (TPSA) is 95.5 Å². The molecule has 0 fully saturated rings. The zero-order chi connectivity index (χ0) is 16.3. The van der Waals surface area contributed by atoms with Crippen LogP contribution in [0.15, 0.2) is 29.2 Å². The van der Waals surface area contributed by atoms with Gasteiger partial charge in [-0.3, -0.25) is 4.79 Å². The van der Waals surface area contributed by atoms with Crippen molar-refractivity contribution in [1.29, 1.82) is 0 Å². The summed E-state index contributed by atoms with van der Waals surface area (Å²) < 4.78 is 26.4. The van der Waals surface area contributed by atoms with Crippen LogP contribution < -0.4 is 10.0 Å². The van der Waals surface area contributed by atoms with Crippen molar-refractivity contribution in [3.8, 4) is 0 Å². The Morgan fingerprint density at radius 3 is 2.19 bits per heavy atom. The Balaban J connectivity index is 2.78. The lowest BCUT2D eigenvalue weighted by Crippen LogP contribution is -2.32. The number of hydrogen-bond acceptors (Lipinski definition) is 4. The Hall–Kier alpha value is -1.60. The number of benzene rings is 1. The SMILES string of the molecule is CC(C)NS(=O)(=O)c1ccc(NCC(C)(C)C(=O)O)cc1. The Morgan fingerprint density at radius 1 is 1.24 bits per heavy atom. The van der Waals surface area contributed by atoms with Gasteiger partial charge >= 0.3 is 5.97 Å². The third-order valence-corrected chi connectivity index (χ3v) is 4.54. The van der Waals surface area contributed by atoms with Crippen LogP contribution >= 0.6 is 0 Å². The quantitative estimate of drug-likeness (QED) is 0.714. The van der Waals surface area contributed by atoms with Gasteiger partial charge in [0, 0.05) is 18.3 Å². The average Bonchev–Trinajstić information content (AvgIpc) is 2.35. The first kappa shape index (κ1) is 17.5. The number of nitrogens with one attached hydrogen (secondary N) is 2. The summed E-state index contributed by atoms with van der Waals surface area (Å²) in [6.07, 6.45) is 0. The van der Waals surface area contributed by atoms with Crippen LogP contribution in [0.25, 0.3) is 0 Å². The molecular weight excluding hydrogens is 292 g/mol. The number of aliphatic carboxylic acids is 1. The van der Waals surface area contributed by atoms with Crippen LogP contribution in [0.4, 0.5) is 5.69 Å². The molecule has 1 aromatic carbocycles. The second-order valence-electron chi connectivity index (χ2n) is 5.84. The van der Waals surface area contributed by atoms with Crippen molar-refractivity contribution in [3.05, 3.63) is 24.3 Å². The minimum absolute atomic E-state index is 0.177. The first-order valence-corrected chi connectivity index (χ1v) is 8.12. The number of carbonyl (C=O) groups is 1. The van der Waals surface area contributed by atoms with Crippen LogP contribution in [0.1, 0.15) is 27.7 Å². The lowest BCUT2D eigenvalue weighted by Gasteiger charge is -2.20. The summed E-state index contributed by atoms with van der Waals surface area (Å²) in [5.74, 6) is -0.893. The van der Waals surface area contributed by atoms with Crippen molar-refractivity contribution in [1.82, 2.24) is 4.72 Å². The molecule has 0 saturated heterocycles. The molecule has 0 aliphatic carbocycles. The predicted molar refractivity (Wildman–Crippen MR) is 81.8 cm³/mol. The number of anilines is 1. The molecule has 0 aromatic heterocycles. The van der Waals surface area contributed by atoms with E-state index in [0.29, 0.717) is 5.69 Å². The van der Waals surface area contributed by atoms with Crippen molar-refractivity contribution in [2.24, 2.45) is 5.41 Å². The van der Waals surface area contributed by atoms with E-state index < -0.39 is 21.4 Å². The normalized spacial score (nSPS) is 12.4. The fraction of sp³-hybridized carbons (Fsp3) is 0.500. The van der Waals surface area contributed by atoms with Gasteiger partial charge in [0.1, 0.15) is 0 Å². The molecule has 0 heterocycles. The average molecular weight is 314 g/mol. The highest BCUT2D eigenvalue weighted by molar-refractivity contribution is 7.89. The van der Waals surface area contributed by atoms with Gasteiger partial charge in [-0.25, -0.2) is 13.1 Å². The van der Waals surface area contributed by atoms with Gasteiger partial charge in [0.15, 0.2) is 0 Å². The van der Waals surface area contributed by atoms with Gasteiger partial charge in [0.05, 0.1) is 10.3 Å². The minimum atomic E-state index is -3.50. The lowest BCUT2D eigenvalue weighted by atomic mass is 9.94. The molecule has 1 aromatic rings. The van der Waals surface area contributed by atoms with E-state index in [1.807, 2.05) is 0 Å². The maximum Gasteiger partial charge on any atom is 0.310 e. The second-order valence-corrected chi connectivity index (χ2v) is 7.56. The van der Waals surface area contributed by atoms with E-state index in [1.54, 1.807) is 39.8 Å². The van der Waals surface area contributed by atoms with Crippen LogP contribution in [-0.4, -0.2) is 32.1 Å². The van der Waals surface area contributed by atoms with E-state index in [9.17, 15) is 13.2 Å². The highest BCUT2D eigenvalue weighted by atomic mass is 32.2. The summed E-state index contributed by atoms with van der Waals surface area (Å²) in [5, 5.41) is 12.0. The number of sulfonamides is 1. The van der Waals surface area contributed by atoms with Crippen molar-refractivity contribution >= 4 is 21.7 Å². The number of carboxylic acids is 1. The van der Waals surface area contributed by atoms with E-state index >= 15 is 0 Å². The zero-order valence-electron chi connectivity index (χ0n) is 12.7. The van der Waals surface area contributed by atoms with Gasteiger partial charge in [0.25, 0.3) is 0 Å². The molecule has 0 spiro atoms. The first-order valence-electron chi connectivity index (χ1n) is 6.64. The summed E-state index contributed by atoms with van der Waals surface area (Å²) in [6, 6.07) is 6.03. The fourth-order valence-electron chi connectivity index (χ4n) is 1.53. The van der Waals surface area contributed by atoms with E-state index in [2.05, 4.69) is 10.0 Å². The van der Waals surface area contributed by atoms with E-state index in [0.717, 1.165) is 0 Å². The summed E-state index contributed by atoms with van der Waals surface area (Å²) in [5.41, 5.74) is -0.225. The van der Waals surface area contributed by atoms with Crippen molar-refractivity contribution < 1.29 is 18.3 Å². The molecular formula is C14H22N2O4S. The standard InChI is InChI=1S/C14H22N2O4S/c1-10(2)16-21(19,20)12-7-5-11(6-8-12)15-9-14(3,4)13(17)18/h5-8,10,15-16H,9H2,1-4H3,(H,17,18). The highest BCUT2D eigenvalue weighted by Gasteiger charge is 2.26. The predicted octanol–water partition coefficient (Wildman–Crippen LogP) is 1.90. The Labute approximate surface area is 125 Å². The van der Waals surface area contributed by atoms with E-state index in [4.69, 9.17) is 5.11 Å². The molecule has 7 heteroatoms. The zero-order valence-corrected chi connectivity index (χ0v) is 13.5. The monoisotopic (exact) mass is 314 g/mol. The van der Waals surface area contributed by atoms with E-state index in [1.165, 1.54) is 12.1 Å². The van der Waals surface area contributed by atoms with Gasteiger partial charge in [-0.15, -0.1) is 0 Å². The molecule has 1 rings (SSSR count). The van der Waals surface area contributed by atoms with Gasteiger partial charge in [-0.1, -0.05) is 0 Å². The number of hydrogen-bond donors (Lipinski definition) is 3. The second kappa shape index (κ2) is 6.44. The van der Waals surface area contributed by atoms with Crippen molar-refractivity contribution in [2.45, 2.75) is 38.6 Å². The lowest BCUT2D eigenvalue weighted by molar-refractivity contribution is -0.146. The molecule has 118 valence electrons. The van der Waals surface area contributed by atoms with Gasteiger partial charge < -0.3 is 10.4 Å². The third kappa shape index (κ3) is 5.02. The maximum atomic E-state index is 12.0. The van der Waals surface area contributed by atoms with Crippen molar-refractivity contribution in [2.75, 3.05) is 11.9 Å². The molecule has 0 amide bonds. The largest absolute Gasteiger partial charge is 0.481 e. The number of carboxylic acid groups (broad SMARTS) is 1. The molecule has 0 aliphatic rings. The molecule has 0 aliphatic heterocycles. The molecule has 0 radical (unpaired) electrons. The molecule has 0 bridgehead atoms. The van der Waals surface area contributed by atoms with Crippen LogP contribution in [0.5, 0.6) is 0 Å². The van der Waals surface area contributed by atoms with E-state index in [-0.39, 0.29) is 17.5 Å². The minimum Gasteiger partial charge on any atom is -0.481 e. The molecule has 0 unspecified atom stereocenters. The molecule has 0 saturated carbocycles. The van der Waals surface area contributed by atoms with Crippen LogP contribution in [-0.2, 0) is 14.8 Å². The Kier molecular flexibility index (Phi) is 5.36. The summed E-state index contributed by atoms with van der Waals surface area (Å²) in [4.78, 5) is 11.2. The Bertz CT molecular complexity index is 592. The van der Waals surface area contributed by atoms with Gasteiger partial charge in [-0.2, -0.15) is 0 Å². The molecule has 3 N–H and O–H groups in total. The third-order valence-electron chi connectivity index (χ3n) is 2.87. The smallest absolute Gasteiger partial charge is 0.310 e. The molecule has 21 heavy (non-hydrogen) atoms. The summed E-state index contributed by atoms with van der Waals surface area (Å²) in [6.45, 7) is 6.99. The summed E-state index contributed by atoms with van der Waals surface area (Å²) in [7, 11) is -3.50. The maximum absolute atomic E-state index is 12.0. The Morgan fingerprint density at radius 2 is 1.76 bits per heavy atom. The first-order chi connectivity index (χ1) is 9.54. The fourth-order valence-corrected chi connectivity index (χ4v) is 2.78. The van der Waals surface area contributed by atoms with Crippen LogP contribution in [0.3, 0.4) is 0 Å². The van der Waals surface area contributed by atoms with Gasteiger partial charge in [0.2, 0.25) is 10.0 Å². The molecule has 0 atom stereocenters. The van der Waals surface area contributed by atoms with Crippen LogP contribution in [0, 0.1) is 5.41 Å². The summed E-state index contributed by atoms with van der Waals surface area (Å²) >= 11 is 0. The molecule has 6 nitrogen and oxygen atoms in total. The highest BCUT2D eigenvalue weighted by Crippen LogP contribution is 2.19.